The van der Waals surface area contributed by atoms with Gasteiger partial charge in [0.15, 0.2) is 0 Å². The molecular weight excluding hydrogens is 186 g/mol. The summed E-state index contributed by atoms with van der Waals surface area (Å²) in [6.07, 6.45) is 1.32. The zero-order chi connectivity index (χ0) is 11.1. The molecule has 0 heterocycles. The van der Waals surface area contributed by atoms with Crippen LogP contribution in [0.3, 0.4) is 0 Å². The smallest absolute Gasteiger partial charge is 0.150 e. The third-order valence-electron chi connectivity index (χ3n) is 2.25. The van der Waals surface area contributed by atoms with Gasteiger partial charge in [-0.25, -0.2) is 0 Å². The summed E-state index contributed by atoms with van der Waals surface area (Å²) >= 11 is 0. The van der Waals surface area contributed by atoms with Crippen LogP contribution in [0.1, 0.15) is 12.5 Å². The summed E-state index contributed by atoms with van der Waals surface area (Å²) in [5, 5.41) is 8.88. The van der Waals surface area contributed by atoms with Crippen LogP contribution >= 0.6 is 0 Å². The highest BCUT2D eigenvalue weighted by molar-refractivity contribution is 5.13. The van der Waals surface area contributed by atoms with E-state index in [1.165, 1.54) is 0 Å². The van der Waals surface area contributed by atoms with Crippen molar-refractivity contribution in [1.29, 1.82) is 5.26 Å². The van der Waals surface area contributed by atoms with Gasteiger partial charge in [0, 0.05) is 5.92 Å². The van der Waals surface area contributed by atoms with Crippen molar-refractivity contribution < 1.29 is 4.74 Å². The van der Waals surface area contributed by atoms with E-state index in [9.17, 15) is 0 Å². The lowest BCUT2D eigenvalue weighted by Gasteiger charge is -2.14. The van der Waals surface area contributed by atoms with Gasteiger partial charge in [0.05, 0.1) is 12.7 Å². The summed E-state index contributed by atoms with van der Waals surface area (Å²) in [4.78, 5) is 0. The zero-order valence-corrected chi connectivity index (χ0v) is 8.89. The van der Waals surface area contributed by atoms with E-state index in [0.29, 0.717) is 6.61 Å². The molecule has 1 aromatic carbocycles. The molecular formula is C13H15NO. The van der Waals surface area contributed by atoms with E-state index in [-0.39, 0.29) is 5.92 Å². The number of hydrogen-bond acceptors (Lipinski definition) is 2. The van der Waals surface area contributed by atoms with Crippen molar-refractivity contribution in [3.63, 3.8) is 0 Å². The second-order valence-corrected chi connectivity index (χ2v) is 3.44. The summed E-state index contributed by atoms with van der Waals surface area (Å²) < 4.78 is 5.50. The van der Waals surface area contributed by atoms with E-state index < -0.39 is 6.10 Å². The van der Waals surface area contributed by atoms with Gasteiger partial charge in [0.2, 0.25) is 0 Å². The first-order valence-electron chi connectivity index (χ1n) is 4.95. The highest BCUT2D eigenvalue weighted by atomic mass is 16.5. The molecule has 0 aliphatic carbocycles. The molecule has 0 aliphatic heterocycles. The van der Waals surface area contributed by atoms with E-state index in [0.717, 1.165) is 5.56 Å². The summed E-state index contributed by atoms with van der Waals surface area (Å²) in [6.45, 7) is 6.05. The number of benzene rings is 1. The second kappa shape index (κ2) is 6.00. The Morgan fingerprint density at radius 1 is 1.47 bits per heavy atom. The third kappa shape index (κ3) is 3.57. The first-order valence-corrected chi connectivity index (χ1v) is 4.95. The van der Waals surface area contributed by atoms with Crippen LogP contribution in [-0.2, 0) is 11.3 Å². The summed E-state index contributed by atoms with van der Waals surface area (Å²) in [5.41, 5.74) is 1.08. The lowest BCUT2D eigenvalue weighted by atomic mass is 10.1. The van der Waals surface area contributed by atoms with Crippen LogP contribution in [0.2, 0.25) is 0 Å². The Morgan fingerprint density at radius 3 is 2.67 bits per heavy atom. The Hall–Kier alpha value is -1.59. The molecule has 1 rings (SSSR count). The van der Waals surface area contributed by atoms with Crippen molar-refractivity contribution >= 4 is 0 Å². The number of ether oxygens (including phenoxy) is 1. The summed E-state index contributed by atoms with van der Waals surface area (Å²) in [7, 11) is 0. The molecule has 2 heteroatoms. The van der Waals surface area contributed by atoms with Crippen LogP contribution in [0.15, 0.2) is 43.0 Å². The first kappa shape index (κ1) is 11.5. The molecule has 2 nitrogen and oxygen atoms in total. The molecule has 0 spiro atoms. The minimum absolute atomic E-state index is 0.0544. The lowest BCUT2D eigenvalue weighted by Crippen LogP contribution is -2.17. The normalized spacial score (nSPS) is 13.9. The van der Waals surface area contributed by atoms with Gasteiger partial charge in [-0.2, -0.15) is 5.26 Å². The third-order valence-corrected chi connectivity index (χ3v) is 2.25. The van der Waals surface area contributed by atoms with Gasteiger partial charge in [-0.1, -0.05) is 43.3 Å². The van der Waals surface area contributed by atoms with Crippen molar-refractivity contribution in [3.8, 4) is 6.07 Å². The molecule has 0 bridgehead atoms. The number of nitriles is 1. The molecule has 0 aliphatic rings. The molecule has 0 amide bonds. The fourth-order valence-electron chi connectivity index (χ4n) is 1.19. The minimum atomic E-state index is -0.414. The minimum Gasteiger partial charge on any atom is -0.358 e. The predicted molar refractivity (Wildman–Crippen MR) is 60.0 cm³/mol. The molecule has 78 valence electrons. The van der Waals surface area contributed by atoms with Crippen LogP contribution in [0.5, 0.6) is 0 Å². The molecule has 0 unspecified atom stereocenters. The molecule has 15 heavy (non-hydrogen) atoms. The largest absolute Gasteiger partial charge is 0.358 e. The fraction of sp³-hybridized carbons (Fsp3) is 0.308. The maximum absolute atomic E-state index is 8.88. The number of nitrogens with zero attached hydrogens (tertiary/aromatic N) is 1. The van der Waals surface area contributed by atoms with Crippen molar-refractivity contribution in [2.45, 2.75) is 19.6 Å². The highest BCUT2D eigenvalue weighted by Crippen LogP contribution is 2.10. The molecule has 0 saturated carbocycles. The van der Waals surface area contributed by atoms with Crippen LogP contribution in [0.4, 0.5) is 0 Å². The Balaban J connectivity index is 2.49. The molecule has 0 saturated heterocycles. The van der Waals surface area contributed by atoms with E-state index in [1.54, 1.807) is 6.08 Å². The van der Waals surface area contributed by atoms with Gasteiger partial charge in [-0.15, -0.1) is 6.58 Å². The second-order valence-electron chi connectivity index (χ2n) is 3.44. The van der Waals surface area contributed by atoms with Gasteiger partial charge in [-0.3, -0.25) is 0 Å². The molecule has 0 fully saturated rings. The Morgan fingerprint density at radius 2 is 2.13 bits per heavy atom. The predicted octanol–water partition coefficient (Wildman–Crippen LogP) is 2.92. The zero-order valence-electron chi connectivity index (χ0n) is 8.89. The summed E-state index contributed by atoms with van der Waals surface area (Å²) in [5.74, 6) is 0.0544. The fourth-order valence-corrected chi connectivity index (χ4v) is 1.19. The maximum atomic E-state index is 8.88. The van der Waals surface area contributed by atoms with E-state index in [4.69, 9.17) is 10.00 Å². The van der Waals surface area contributed by atoms with Gasteiger partial charge < -0.3 is 4.74 Å². The highest BCUT2D eigenvalue weighted by Gasteiger charge is 2.13. The Labute approximate surface area is 90.8 Å². The average molecular weight is 201 g/mol. The maximum Gasteiger partial charge on any atom is 0.150 e. The van der Waals surface area contributed by atoms with E-state index in [1.807, 2.05) is 37.3 Å². The van der Waals surface area contributed by atoms with Crippen molar-refractivity contribution in [1.82, 2.24) is 0 Å². The molecule has 0 radical (unpaired) electrons. The van der Waals surface area contributed by atoms with Gasteiger partial charge >= 0.3 is 0 Å². The van der Waals surface area contributed by atoms with Crippen molar-refractivity contribution in [3.05, 3.63) is 48.6 Å². The standard InChI is InChI=1S/C13H15NO/c1-3-11(2)13(9-14)15-10-12-7-5-4-6-8-12/h3-8,11,13H,1,10H2,2H3/t11-,13-/m0/s1. The quantitative estimate of drug-likeness (QED) is 0.686. The number of hydrogen-bond donors (Lipinski definition) is 0. The van der Waals surface area contributed by atoms with Crippen molar-refractivity contribution in [2.24, 2.45) is 5.92 Å². The Kier molecular flexibility index (Phi) is 4.59. The average Bonchev–Trinajstić information content (AvgIpc) is 2.31. The number of rotatable bonds is 5. The SMILES string of the molecule is C=C[C@H](C)[C@H](C#N)OCc1ccccc1. The Bertz CT molecular complexity index is 339. The van der Waals surface area contributed by atoms with Crippen LogP contribution in [0, 0.1) is 17.2 Å². The monoisotopic (exact) mass is 201 g/mol. The van der Waals surface area contributed by atoms with Gasteiger partial charge in [0.1, 0.15) is 6.10 Å². The lowest BCUT2D eigenvalue weighted by molar-refractivity contribution is 0.0552. The first-order chi connectivity index (χ1) is 7.27. The summed E-state index contributed by atoms with van der Waals surface area (Å²) in [6, 6.07) is 12.0. The molecule has 1 aromatic rings. The molecule has 0 aromatic heterocycles. The molecule has 2 atom stereocenters. The van der Waals surface area contributed by atoms with Crippen LogP contribution in [-0.4, -0.2) is 6.10 Å². The molecule has 0 N–H and O–H groups in total. The van der Waals surface area contributed by atoms with Gasteiger partial charge in [0.25, 0.3) is 0 Å². The van der Waals surface area contributed by atoms with Crippen molar-refractivity contribution in [2.75, 3.05) is 0 Å². The van der Waals surface area contributed by atoms with Crippen LogP contribution in [0.25, 0.3) is 0 Å². The van der Waals surface area contributed by atoms with Crippen LogP contribution < -0.4 is 0 Å². The van der Waals surface area contributed by atoms with E-state index >= 15 is 0 Å². The topological polar surface area (TPSA) is 33.0 Å². The van der Waals surface area contributed by atoms with Gasteiger partial charge in [-0.05, 0) is 5.56 Å². The van der Waals surface area contributed by atoms with E-state index in [2.05, 4.69) is 12.6 Å².